The average Bonchev–Trinajstić information content (AvgIpc) is 2.87. The molecule has 0 bridgehead atoms. The molecule has 3 heteroatoms. The molecule has 1 aliphatic rings. The van der Waals surface area contributed by atoms with Crippen molar-refractivity contribution in [3.05, 3.63) is 22.4 Å². The molecule has 0 aromatic carbocycles. The molecule has 0 amide bonds. The summed E-state index contributed by atoms with van der Waals surface area (Å²) < 4.78 is 0. The van der Waals surface area contributed by atoms with Gasteiger partial charge in [-0.2, -0.15) is 11.3 Å². The Morgan fingerprint density at radius 2 is 2.25 bits per heavy atom. The van der Waals surface area contributed by atoms with Crippen molar-refractivity contribution in [1.82, 2.24) is 10.2 Å². The summed E-state index contributed by atoms with van der Waals surface area (Å²) in [6.07, 6.45) is 3.94. The fraction of sp³-hybridized carbons (Fsp3) is 0.692. The fourth-order valence-corrected chi connectivity index (χ4v) is 3.30. The highest BCUT2D eigenvalue weighted by Gasteiger charge is 2.26. The van der Waals surface area contributed by atoms with Gasteiger partial charge in [-0.25, -0.2) is 0 Å². The quantitative estimate of drug-likeness (QED) is 0.867. The second-order valence-corrected chi connectivity index (χ2v) is 5.85. The third-order valence-corrected chi connectivity index (χ3v) is 4.37. The zero-order chi connectivity index (χ0) is 11.5. The van der Waals surface area contributed by atoms with Crippen LogP contribution in [-0.2, 0) is 0 Å². The summed E-state index contributed by atoms with van der Waals surface area (Å²) in [7, 11) is 4.38. The average molecular weight is 238 g/mol. The number of hydrogen-bond donors (Lipinski definition) is 1. The standard InChI is InChI=1S/C13H22N2S/c1-10(11-6-7-16-9-11)14-12-4-5-13(8-12)15(2)3/h6-7,9-10,12-14H,4-5,8H2,1-3H3. The van der Waals surface area contributed by atoms with Crippen molar-refractivity contribution < 1.29 is 0 Å². The first-order valence-corrected chi connectivity index (χ1v) is 7.05. The van der Waals surface area contributed by atoms with Gasteiger partial charge in [-0.15, -0.1) is 0 Å². The normalized spacial score (nSPS) is 27.5. The van der Waals surface area contributed by atoms with Crippen molar-refractivity contribution in [2.24, 2.45) is 0 Å². The van der Waals surface area contributed by atoms with Gasteiger partial charge in [0.25, 0.3) is 0 Å². The maximum Gasteiger partial charge on any atom is 0.0302 e. The number of nitrogens with zero attached hydrogens (tertiary/aromatic N) is 1. The smallest absolute Gasteiger partial charge is 0.0302 e. The van der Waals surface area contributed by atoms with Gasteiger partial charge in [-0.1, -0.05) is 0 Å². The molecular weight excluding hydrogens is 216 g/mol. The number of rotatable bonds is 4. The van der Waals surface area contributed by atoms with Crippen molar-refractivity contribution in [2.45, 2.75) is 44.3 Å². The second kappa shape index (κ2) is 5.30. The van der Waals surface area contributed by atoms with Crippen LogP contribution in [0.3, 0.4) is 0 Å². The lowest BCUT2D eigenvalue weighted by Gasteiger charge is -2.21. The fourth-order valence-electron chi connectivity index (χ4n) is 2.55. The molecule has 1 heterocycles. The molecule has 2 nitrogen and oxygen atoms in total. The first kappa shape index (κ1) is 12.1. The third kappa shape index (κ3) is 2.84. The van der Waals surface area contributed by atoms with E-state index in [2.05, 4.69) is 48.1 Å². The Morgan fingerprint density at radius 3 is 2.81 bits per heavy atom. The van der Waals surface area contributed by atoms with E-state index in [0.717, 1.165) is 6.04 Å². The summed E-state index contributed by atoms with van der Waals surface area (Å²) in [5.41, 5.74) is 1.43. The van der Waals surface area contributed by atoms with E-state index in [1.807, 2.05) is 0 Å². The Morgan fingerprint density at radius 1 is 1.44 bits per heavy atom. The van der Waals surface area contributed by atoms with Crippen molar-refractivity contribution in [3.63, 3.8) is 0 Å². The third-order valence-electron chi connectivity index (χ3n) is 3.66. The molecule has 1 N–H and O–H groups in total. The summed E-state index contributed by atoms with van der Waals surface area (Å²) in [5, 5.41) is 8.15. The molecule has 90 valence electrons. The lowest BCUT2D eigenvalue weighted by Crippen LogP contribution is -2.32. The minimum atomic E-state index is 0.497. The van der Waals surface area contributed by atoms with E-state index in [-0.39, 0.29) is 0 Å². The molecular formula is C13H22N2S. The number of hydrogen-bond acceptors (Lipinski definition) is 3. The van der Waals surface area contributed by atoms with Gasteiger partial charge >= 0.3 is 0 Å². The molecule has 0 radical (unpaired) electrons. The number of nitrogens with one attached hydrogen (secondary N) is 1. The van der Waals surface area contributed by atoms with Gasteiger partial charge in [0.05, 0.1) is 0 Å². The van der Waals surface area contributed by atoms with Crippen LogP contribution in [0.1, 0.15) is 37.8 Å². The first-order valence-electron chi connectivity index (χ1n) is 6.11. The van der Waals surface area contributed by atoms with Gasteiger partial charge < -0.3 is 10.2 Å². The molecule has 1 aromatic rings. The zero-order valence-corrected chi connectivity index (χ0v) is 11.3. The predicted molar refractivity (Wildman–Crippen MR) is 71.0 cm³/mol. The summed E-state index contributed by atoms with van der Waals surface area (Å²) in [4.78, 5) is 2.36. The first-order chi connectivity index (χ1) is 7.66. The van der Waals surface area contributed by atoms with E-state index in [9.17, 15) is 0 Å². The second-order valence-electron chi connectivity index (χ2n) is 5.07. The van der Waals surface area contributed by atoms with Gasteiger partial charge in [-0.3, -0.25) is 0 Å². The van der Waals surface area contributed by atoms with Crippen LogP contribution in [0.2, 0.25) is 0 Å². The van der Waals surface area contributed by atoms with Crippen molar-refractivity contribution in [1.29, 1.82) is 0 Å². The molecule has 1 aliphatic carbocycles. The van der Waals surface area contributed by atoms with Crippen molar-refractivity contribution >= 4 is 11.3 Å². The lowest BCUT2D eigenvalue weighted by atomic mass is 10.1. The van der Waals surface area contributed by atoms with Crippen molar-refractivity contribution in [2.75, 3.05) is 14.1 Å². The van der Waals surface area contributed by atoms with E-state index in [1.165, 1.54) is 24.8 Å². The Balaban J connectivity index is 1.83. The van der Waals surface area contributed by atoms with Crippen LogP contribution in [0, 0.1) is 0 Å². The summed E-state index contributed by atoms with van der Waals surface area (Å²) in [5.74, 6) is 0. The van der Waals surface area contributed by atoms with E-state index in [0.29, 0.717) is 12.1 Å². The van der Waals surface area contributed by atoms with E-state index in [4.69, 9.17) is 0 Å². The molecule has 1 saturated carbocycles. The molecule has 3 atom stereocenters. The van der Waals surface area contributed by atoms with E-state index >= 15 is 0 Å². The Hall–Kier alpha value is -0.380. The molecule has 2 rings (SSSR count). The largest absolute Gasteiger partial charge is 0.307 e. The minimum Gasteiger partial charge on any atom is -0.307 e. The van der Waals surface area contributed by atoms with E-state index < -0.39 is 0 Å². The van der Waals surface area contributed by atoms with Crippen LogP contribution in [0.25, 0.3) is 0 Å². The van der Waals surface area contributed by atoms with Gasteiger partial charge in [0.1, 0.15) is 0 Å². The van der Waals surface area contributed by atoms with Gasteiger partial charge in [0.15, 0.2) is 0 Å². The molecule has 16 heavy (non-hydrogen) atoms. The Labute approximate surface area is 103 Å². The molecule has 0 saturated heterocycles. The molecule has 1 aromatic heterocycles. The Bertz CT molecular complexity index is 308. The van der Waals surface area contributed by atoms with Crippen LogP contribution in [0.15, 0.2) is 16.8 Å². The van der Waals surface area contributed by atoms with Crippen molar-refractivity contribution in [3.8, 4) is 0 Å². The highest BCUT2D eigenvalue weighted by Crippen LogP contribution is 2.25. The summed E-state index contributed by atoms with van der Waals surface area (Å²) >= 11 is 1.78. The van der Waals surface area contributed by atoms with Crippen LogP contribution >= 0.6 is 11.3 Å². The maximum absolute atomic E-state index is 3.75. The Kier molecular flexibility index (Phi) is 4.00. The highest BCUT2D eigenvalue weighted by molar-refractivity contribution is 7.07. The van der Waals surface area contributed by atoms with Crippen LogP contribution in [-0.4, -0.2) is 31.1 Å². The monoisotopic (exact) mass is 238 g/mol. The maximum atomic E-state index is 3.75. The predicted octanol–water partition coefficient (Wildman–Crippen LogP) is 2.88. The minimum absolute atomic E-state index is 0.497. The number of thiophene rings is 1. The SMILES string of the molecule is CC(NC1CCC(N(C)C)C1)c1ccsc1. The highest BCUT2D eigenvalue weighted by atomic mass is 32.1. The van der Waals surface area contributed by atoms with E-state index in [1.54, 1.807) is 11.3 Å². The molecule has 0 spiro atoms. The van der Waals surface area contributed by atoms with Crippen LogP contribution < -0.4 is 5.32 Å². The van der Waals surface area contributed by atoms with Crippen LogP contribution in [0.4, 0.5) is 0 Å². The van der Waals surface area contributed by atoms with Gasteiger partial charge in [0, 0.05) is 18.1 Å². The van der Waals surface area contributed by atoms with Crippen LogP contribution in [0.5, 0.6) is 0 Å². The summed E-state index contributed by atoms with van der Waals surface area (Å²) in [6.45, 7) is 2.27. The summed E-state index contributed by atoms with van der Waals surface area (Å²) in [6, 6.07) is 4.19. The van der Waals surface area contributed by atoms with Gasteiger partial charge in [-0.05, 0) is 62.7 Å². The molecule has 1 fully saturated rings. The molecule has 0 aliphatic heterocycles. The molecule has 3 unspecified atom stereocenters. The zero-order valence-electron chi connectivity index (χ0n) is 10.4. The topological polar surface area (TPSA) is 15.3 Å². The lowest BCUT2D eigenvalue weighted by molar-refractivity contribution is 0.291. The van der Waals surface area contributed by atoms with Gasteiger partial charge in [0.2, 0.25) is 0 Å².